The Kier molecular flexibility index (Phi) is 6.40. The molecule has 4 unspecified atom stereocenters. The third kappa shape index (κ3) is 3.90. The Morgan fingerprint density at radius 3 is 2.38 bits per heavy atom. The predicted molar refractivity (Wildman–Crippen MR) is 145 cm³/mol. The number of rotatable bonds is 3. The molecular formula is C32H42F2N2O4. The van der Waals surface area contributed by atoms with Gasteiger partial charge in [-0.3, -0.25) is 14.4 Å². The number of Topliss-reactive ketones (excluding diaryl/α,β-unsaturated/α-hetero) is 1. The number of fused-ring (bicyclic) bond motifs is 7. The van der Waals surface area contributed by atoms with E-state index in [0.29, 0.717) is 45.4 Å². The Hall–Kier alpha value is -2.40. The summed E-state index contributed by atoms with van der Waals surface area (Å²) in [5.41, 5.74) is -2.31. The van der Waals surface area contributed by atoms with E-state index in [-0.39, 0.29) is 46.9 Å². The van der Waals surface area contributed by atoms with Crippen LogP contribution in [0.2, 0.25) is 0 Å². The van der Waals surface area contributed by atoms with Gasteiger partial charge in [-0.2, -0.15) is 14.0 Å². The number of aliphatic hydroxyl groups excluding tert-OH is 1. The molecule has 3 fully saturated rings. The summed E-state index contributed by atoms with van der Waals surface area (Å²) in [5.74, 6) is -6.19. The fraction of sp³-hybridized carbons (Fsp3) is 0.750. The van der Waals surface area contributed by atoms with Gasteiger partial charge >= 0.3 is 5.92 Å². The first kappa shape index (κ1) is 29.1. The van der Waals surface area contributed by atoms with E-state index in [2.05, 4.69) is 26.1 Å². The van der Waals surface area contributed by atoms with E-state index in [1.165, 1.54) is 0 Å². The van der Waals surface area contributed by atoms with Crippen molar-refractivity contribution < 1.29 is 28.3 Å². The van der Waals surface area contributed by atoms with Crippen LogP contribution in [0.3, 0.4) is 0 Å². The monoisotopic (exact) mass is 556 g/mol. The van der Waals surface area contributed by atoms with E-state index < -0.39 is 39.5 Å². The highest BCUT2D eigenvalue weighted by Crippen LogP contribution is 2.69. The van der Waals surface area contributed by atoms with E-state index in [1.807, 2.05) is 13.0 Å². The van der Waals surface area contributed by atoms with Crippen LogP contribution in [-0.4, -0.2) is 40.6 Å². The van der Waals surface area contributed by atoms with Crippen LogP contribution in [-0.2, 0) is 14.4 Å². The number of alkyl halides is 2. The van der Waals surface area contributed by atoms with Crippen LogP contribution >= 0.6 is 0 Å². The number of aliphatic hydroxyl groups is 1. The van der Waals surface area contributed by atoms with Gasteiger partial charge in [0.25, 0.3) is 5.91 Å². The molecule has 8 heteroatoms. The van der Waals surface area contributed by atoms with Crippen molar-refractivity contribution in [2.45, 2.75) is 97.9 Å². The third-order valence-corrected chi connectivity index (χ3v) is 12.0. The standard InChI is InChI=1S/C32H42F2N2O4/c1-27(2)11-12-32(36-26(40)31(6,33)34)10-7-19-24(20(32)15-27)21(38)13-23-28(19,3)9-8-22-29(23,4)14-18(16-35)25(39)30(22,5)17-37/h13-14,19-20,22,24,37H,7-12,15,17H2,1-6H3,(H,36,40)/t19?,20?,22?,24?,28-,29-,30-,32+/m0/s1. The van der Waals surface area contributed by atoms with Crippen molar-refractivity contribution in [2.75, 3.05) is 6.61 Å². The van der Waals surface area contributed by atoms with Gasteiger partial charge in [0.15, 0.2) is 11.6 Å². The highest BCUT2D eigenvalue weighted by Gasteiger charge is 2.66. The molecule has 5 aliphatic carbocycles. The summed E-state index contributed by atoms with van der Waals surface area (Å²) >= 11 is 0. The minimum Gasteiger partial charge on any atom is -0.395 e. The zero-order chi connectivity index (χ0) is 29.7. The number of carbonyl (C=O) groups excluding carboxylic acids is 3. The van der Waals surface area contributed by atoms with Gasteiger partial charge in [0.05, 0.1) is 17.6 Å². The number of hydrogen-bond acceptors (Lipinski definition) is 5. The summed E-state index contributed by atoms with van der Waals surface area (Å²) in [6.45, 7) is 10.4. The van der Waals surface area contributed by atoms with Crippen LogP contribution in [0, 0.1) is 56.7 Å². The largest absolute Gasteiger partial charge is 0.395 e. The Bertz CT molecular complexity index is 1270. The maximum Gasteiger partial charge on any atom is 0.321 e. The van der Waals surface area contributed by atoms with Gasteiger partial charge in [-0.05, 0) is 86.5 Å². The summed E-state index contributed by atoms with van der Waals surface area (Å²) in [7, 11) is 0. The number of nitrogens with one attached hydrogen (secondary N) is 1. The molecule has 0 aromatic heterocycles. The number of amides is 1. The first-order chi connectivity index (χ1) is 18.4. The first-order valence-corrected chi connectivity index (χ1v) is 14.6. The lowest BCUT2D eigenvalue weighted by Crippen LogP contribution is -2.67. The zero-order valence-electron chi connectivity index (χ0n) is 24.5. The Labute approximate surface area is 235 Å². The molecule has 0 bridgehead atoms. The molecule has 2 N–H and O–H groups in total. The fourth-order valence-electron chi connectivity index (χ4n) is 9.84. The molecule has 6 nitrogen and oxygen atoms in total. The number of hydrogen-bond donors (Lipinski definition) is 2. The van der Waals surface area contributed by atoms with Crippen LogP contribution < -0.4 is 5.32 Å². The van der Waals surface area contributed by atoms with Gasteiger partial charge in [-0.1, -0.05) is 39.3 Å². The maximum absolute atomic E-state index is 14.2. The van der Waals surface area contributed by atoms with E-state index in [4.69, 9.17) is 0 Å². The highest BCUT2D eigenvalue weighted by atomic mass is 19.3. The zero-order valence-corrected chi connectivity index (χ0v) is 24.5. The number of carbonyl (C=O) groups is 3. The van der Waals surface area contributed by atoms with Crippen molar-refractivity contribution in [1.82, 2.24) is 5.32 Å². The summed E-state index contributed by atoms with van der Waals surface area (Å²) in [5, 5.41) is 23.0. The molecule has 0 heterocycles. The number of nitriles is 1. The Balaban J connectivity index is 1.63. The van der Waals surface area contributed by atoms with Crippen molar-refractivity contribution in [3.05, 3.63) is 23.3 Å². The minimum atomic E-state index is -3.51. The molecule has 0 aliphatic heterocycles. The smallest absolute Gasteiger partial charge is 0.321 e. The molecule has 40 heavy (non-hydrogen) atoms. The lowest BCUT2D eigenvalue weighted by molar-refractivity contribution is -0.156. The fourth-order valence-corrected chi connectivity index (χ4v) is 9.84. The second-order valence-corrected chi connectivity index (χ2v) is 15.0. The highest BCUT2D eigenvalue weighted by molar-refractivity contribution is 6.05. The molecule has 5 aliphatic rings. The average molecular weight is 557 g/mol. The third-order valence-electron chi connectivity index (χ3n) is 12.0. The lowest BCUT2D eigenvalue weighted by atomic mass is 9.39. The number of nitrogens with zero attached hydrogens (tertiary/aromatic N) is 1. The SMILES string of the molecule is CC1(C)CC[C@]2(NC(=O)C(C)(F)F)CCC3C(C(=O)C=C4[C@@]5(C)C=C(C#N)C(=O)[C@@](C)(CO)C5CC[C@]43C)C2C1. The van der Waals surface area contributed by atoms with Gasteiger partial charge in [0.2, 0.25) is 0 Å². The summed E-state index contributed by atoms with van der Waals surface area (Å²) < 4.78 is 28.2. The van der Waals surface area contributed by atoms with Crippen LogP contribution in [0.4, 0.5) is 8.78 Å². The topological polar surface area (TPSA) is 107 Å². The molecule has 3 saturated carbocycles. The van der Waals surface area contributed by atoms with Gasteiger partial charge in [-0.25, -0.2) is 0 Å². The Morgan fingerprint density at radius 2 is 1.77 bits per heavy atom. The molecule has 5 rings (SSSR count). The van der Waals surface area contributed by atoms with Crippen LogP contribution in [0.5, 0.6) is 0 Å². The van der Waals surface area contributed by atoms with E-state index in [0.717, 1.165) is 12.0 Å². The normalized spacial score (nSPS) is 44.1. The minimum absolute atomic E-state index is 0.0231. The number of halogens is 2. The number of allylic oxidation sites excluding steroid dienone is 4. The lowest BCUT2D eigenvalue weighted by Gasteiger charge is -2.65. The average Bonchev–Trinajstić information content (AvgIpc) is 2.86. The van der Waals surface area contributed by atoms with Crippen molar-refractivity contribution in [2.24, 2.45) is 45.3 Å². The van der Waals surface area contributed by atoms with Gasteiger partial charge in [0, 0.05) is 23.8 Å². The molecule has 0 saturated heterocycles. The van der Waals surface area contributed by atoms with E-state index in [9.17, 15) is 33.5 Å². The van der Waals surface area contributed by atoms with Gasteiger partial charge in [0.1, 0.15) is 6.07 Å². The van der Waals surface area contributed by atoms with Crippen LogP contribution in [0.25, 0.3) is 0 Å². The molecule has 8 atom stereocenters. The molecule has 0 radical (unpaired) electrons. The molecule has 1 amide bonds. The van der Waals surface area contributed by atoms with Gasteiger partial charge < -0.3 is 10.4 Å². The summed E-state index contributed by atoms with van der Waals surface area (Å²) in [4.78, 5) is 40.1. The second kappa shape index (κ2) is 8.80. The second-order valence-electron chi connectivity index (χ2n) is 15.0. The number of ketones is 2. The van der Waals surface area contributed by atoms with Crippen molar-refractivity contribution in [3.63, 3.8) is 0 Å². The summed E-state index contributed by atoms with van der Waals surface area (Å²) in [6, 6.07) is 2.05. The van der Waals surface area contributed by atoms with Crippen LogP contribution in [0.15, 0.2) is 23.3 Å². The first-order valence-electron chi connectivity index (χ1n) is 14.6. The summed E-state index contributed by atoms with van der Waals surface area (Å²) in [6.07, 6.45) is 7.95. The predicted octanol–water partition coefficient (Wildman–Crippen LogP) is 5.31. The Morgan fingerprint density at radius 1 is 1.10 bits per heavy atom. The van der Waals surface area contributed by atoms with Crippen LogP contribution in [0.1, 0.15) is 86.5 Å². The van der Waals surface area contributed by atoms with Crippen molar-refractivity contribution in [3.8, 4) is 6.07 Å². The maximum atomic E-state index is 14.2. The van der Waals surface area contributed by atoms with E-state index in [1.54, 1.807) is 19.1 Å². The molecule has 0 aromatic carbocycles. The van der Waals surface area contributed by atoms with E-state index >= 15 is 0 Å². The molecule has 218 valence electrons. The molecular weight excluding hydrogens is 514 g/mol. The van der Waals surface area contributed by atoms with Gasteiger partial charge in [-0.15, -0.1) is 0 Å². The van der Waals surface area contributed by atoms with Crippen molar-refractivity contribution >= 4 is 17.5 Å². The quantitative estimate of drug-likeness (QED) is 0.490. The van der Waals surface area contributed by atoms with Crippen molar-refractivity contribution in [1.29, 1.82) is 5.26 Å². The molecule has 0 spiro atoms. The molecule has 0 aromatic rings.